The van der Waals surface area contributed by atoms with Gasteiger partial charge in [0.15, 0.2) is 0 Å². The van der Waals surface area contributed by atoms with Crippen LogP contribution in [0.25, 0.3) is 6.08 Å². The second-order valence-electron chi connectivity index (χ2n) is 5.30. The summed E-state index contributed by atoms with van der Waals surface area (Å²) in [4.78, 5) is 24.9. The molecule has 0 spiro atoms. The van der Waals surface area contributed by atoms with E-state index in [0.717, 1.165) is 12.8 Å². The third-order valence-corrected chi connectivity index (χ3v) is 3.95. The first-order chi connectivity index (χ1) is 10.5. The summed E-state index contributed by atoms with van der Waals surface area (Å²) in [7, 11) is 0. The first kappa shape index (κ1) is 16.5. The molecule has 0 unspecified atom stereocenters. The average Bonchev–Trinajstić information content (AvgIpc) is 2.49. The van der Waals surface area contributed by atoms with Gasteiger partial charge in [-0.25, -0.2) is 4.39 Å². The maximum absolute atomic E-state index is 13.0. The second kappa shape index (κ2) is 7.40. The minimum absolute atomic E-state index is 0.0270. The van der Waals surface area contributed by atoms with E-state index in [1.54, 1.807) is 24.0 Å². The lowest BCUT2D eigenvalue weighted by Crippen LogP contribution is -2.45. The Morgan fingerprint density at radius 3 is 2.64 bits per heavy atom. The van der Waals surface area contributed by atoms with E-state index in [1.165, 1.54) is 18.2 Å². The molecule has 0 bridgehead atoms. The molecule has 1 aliphatic heterocycles. The largest absolute Gasteiger partial charge is 0.350 e. The Morgan fingerprint density at radius 1 is 1.36 bits per heavy atom. The molecule has 0 aromatic heterocycles. The van der Waals surface area contributed by atoms with Gasteiger partial charge in [0.05, 0.1) is 5.02 Å². The molecule has 1 aromatic carbocycles. The Morgan fingerprint density at radius 2 is 2.05 bits per heavy atom. The van der Waals surface area contributed by atoms with Crippen molar-refractivity contribution in [2.75, 3.05) is 13.1 Å². The Balaban J connectivity index is 1.84. The average molecular weight is 325 g/mol. The first-order valence-corrected chi connectivity index (χ1v) is 7.52. The van der Waals surface area contributed by atoms with Crippen molar-refractivity contribution in [1.82, 2.24) is 10.2 Å². The third kappa shape index (κ3) is 4.56. The van der Waals surface area contributed by atoms with Crippen LogP contribution >= 0.6 is 11.6 Å². The van der Waals surface area contributed by atoms with Crippen LogP contribution in [0, 0.1) is 5.82 Å². The lowest BCUT2D eigenvalue weighted by molar-refractivity contribution is -0.129. The molecule has 0 aliphatic carbocycles. The highest BCUT2D eigenvalue weighted by molar-refractivity contribution is 6.30. The second-order valence-corrected chi connectivity index (χ2v) is 5.70. The predicted molar refractivity (Wildman–Crippen MR) is 83.9 cm³/mol. The van der Waals surface area contributed by atoms with E-state index in [1.807, 2.05) is 0 Å². The van der Waals surface area contributed by atoms with Gasteiger partial charge < -0.3 is 10.2 Å². The maximum atomic E-state index is 13.0. The van der Waals surface area contributed by atoms with Gasteiger partial charge in [-0.1, -0.05) is 17.7 Å². The number of halogens is 2. The number of benzene rings is 1. The molecule has 0 saturated carbocycles. The highest BCUT2D eigenvalue weighted by atomic mass is 35.5. The van der Waals surface area contributed by atoms with Crippen molar-refractivity contribution in [3.05, 3.63) is 40.7 Å². The van der Waals surface area contributed by atoms with Gasteiger partial charge in [-0.05, 0) is 36.6 Å². The zero-order valence-corrected chi connectivity index (χ0v) is 13.1. The molecule has 1 aromatic rings. The van der Waals surface area contributed by atoms with Gasteiger partial charge in [0.2, 0.25) is 11.8 Å². The Labute approximate surface area is 133 Å². The van der Waals surface area contributed by atoms with Gasteiger partial charge in [0, 0.05) is 32.1 Å². The SMILES string of the molecule is CC(=O)N1CCC(NC(=O)/C=C/c2ccc(F)c(Cl)c2)CC1. The van der Waals surface area contributed by atoms with Gasteiger partial charge in [-0.15, -0.1) is 0 Å². The van der Waals surface area contributed by atoms with E-state index in [4.69, 9.17) is 11.6 Å². The molecule has 4 nitrogen and oxygen atoms in total. The molecule has 1 aliphatic rings. The van der Waals surface area contributed by atoms with Crippen molar-refractivity contribution < 1.29 is 14.0 Å². The molecule has 1 heterocycles. The van der Waals surface area contributed by atoms with Crippen molar-refractivity contribution in [2.45, 2.75) is 25.8 Å². The van der Waals surface area contributed by atoms with E-state index in [2.05, 4.69) is 5.32 Å². The van der Waals surface area contributed by atoms with Gasteiger partial charge in [-0.2, -0.15) is 0 Å². The number of amides is 2. The number of likely N-dealkylation sites (tertiary alicyclic amines) is 1. The van der Waals surface area contributed by atoms with Crippen LogP contribution in [0.15, 0.2) is 24.3 Å². The number of carbonyl (C=O) groups is 2. The molecule has 6 heteroatoms. The van der Waals surface area contributed by atoms with Crippen LogP contribution < -0.4 is 5.32 Å². The quantitative estimate of drug-likeness (QED) is 0.869. The van der Waals surface area contributed by atoms with Gasteiger partial charge >= 0.3 is 0 Å². The minimum Gasteiger partial charge on any atom is -0.350 e. The molecule has 1 N–H and O–H groups in total. The van der Waals surface area contributed by atoms with E-state index >= 15 is 0 Å². The summed E-state index contributed by atoms with van der Waals surface area (Å²) in [5.74, 6) is -0.625. The van der Waals surface area contributed by atoms with Crippen molar-refractivity contribution >= 4 is 29.5 Å². The molecule has 118 valence electrons. The molecule has 2 amide bonds. The standard InChI is InChI=1S/C16H18ClFN2O2/c1-11(21)20-8-6-13(7-9-20)19-16(22)5-3-12-2-4-15(18)14(17)10-12/h2-5,10,13H,6-9H2,1H3,(H,19,22)/b5-3+. The number of piperidine rings is 1. The summed E-state index contributed by atoms with van der Waals surface area (Å²) in [6, 6.07) is 4.35. The maximum Gasteiger partial charge on any atom is 0.244 e. The number of nitrogens with one attached hydrogen (secondary N) is 1. The van der Waals surface area contributed by atoms with Gasteiger partial charge in [0.1, 0.15) is 5.82 Å². The van der Waals surface area contributed by atoms with Crippen molar-refractivity contribution in [2.24, 2.45) is 0 Å². The monoisotopic (exact) mass is 324 g/mol. The summed E-state index contributed by atoms with van der Waals surface area (Å²) in [5.41, 5.74) is 0.660. The highest BCUT2D eigenvalue weighted by Gasteiger charge is 2.21. The van der Waals surface area contributed by atoms with Crippen LogP contribution in [0.5, 0.6) is 0 Å². The normalized spacial score (nSPS) is 16.0. The summed E-state index contributed by atoms with van der Waals surface area (Å²) in [6.07, 6.45) is 4.50. The Hall–Kier alpha value is -1.88. The highest BCUT2D eigenvalue weighted by Crippen LogP contribution is 2.17. The molecule has 22 heavy (non-hydrogen) atoms. The summed E-state index contributed by atoms with van der Waals surface area (Å²) in [5, 5.41) is 2.93. The Kier molecular flexibility index (Phi) is 5.55. The fourth-order valence-corrected chi connectivity index (χ4v) is 2.56. The molecule has 1 saturated heterocycles. The zero-order chi connectivity index (χ0) is 16.1. The van der Waals surface area contributed by atoms with E-state index in [9.17, 15) is 14.0 Å². The zero-order valence-electron chi connectivity index (χ0n) is 12.3. The number of nitrogens with zero attached hydrogens (tertiary/aromatic N) is 1. The van der Waals surface area contributed by atoms with Crippen LogP contribution in [0.2, 0.25) is 5.02 Å². The number of hydrogen-bond donors (Lipinski definition) is 1. The van der Waals surface area contributed by atoms with E-state index < -0.39 is 5.82 Å². The smallest absolute Gasteiger partial charge is 0.244 e. The Bertz CT molecular complexity index is 596. The van der Waals surface area contributed by atoms with Crippen molar-refractivity contribution in [1.29, 1.82) is 0 Å². The van der Waals surface area contributed by atoms with Crippen LogP contribution in [0.3, 0.4) is 0 Å². The molecular formula is C16H18ClFN2O2. The number of carbonyl (C=O) groups excluding carboxylic acids is 2. The topological polar surface area (TPSA) is 49.4 Å². The van der Waals surface area contributed by atoms with Crippen LogP contribution in [-0.4, -0.2) is 35.8 Å². The summed E-state index contributed by atoms with van der Waals surface area (Å²) in [6.45, 7) is 2.88. The molecule has 1 fully saturated rings. The number of rotatable bonds is 3. The molecule has 2 rings (SSSR count). The number of hydrogen-bond acceptors (Lipinski definition) is 2. The predicted octanol–water partition coefficient (Wildman–Crippen LogP) is 2.62. The minimum atomic E-state index is -0.486. The van der Waals surface area contributed by atoms with Gasteiger partial charge in [0.25, 0.3) is 0 Å². The first-order valence-electron chi connectivity index (χ1n) is 7.15. The lowest BCUT2D eigenvalue weighted by Gasteiger charge is -2.31. The lowest BCUT2D eigenvalue weighted by atomic mass is 10.0. The van der Waals surface area contributed by atoms with Crippen LogP contribution in [0.4, 0.5) is 4.39 Å². The molecule has 0 atom stereocenters. The molecular weight excluding hydrogens is 307 g/mol. The van der Waals surface area contributed by atoms with E-state index in [-0.39, 0.29) is 22.9 Å². The van der Waals surface area contributed by atoms with Crippen LogP contribution in [-0.2, 0) is 9.59 Å². The summed E-state index contributed by atoms with van der Waals surface area (Å²) >= 11 is 5.68. The fraction of sp³-hybridized carbons (Fsp3) is 0.375. The van der Waals surface area contributed by atoms with E-state index in [0.29, 0.717) is 18.7 Å². The molecule has 0 radical (unpaired) electrons. The summed E-state index contributed by atoms with van der Waals surface area (Å²) < 4.78 is 13.0. The van der Waals surface area contributed by atoms with Gasteiger partial charge in [-0.3, -0.25) is 9.59 Å². The van der Waals surface area contributed by atoms with Crippen LogP contribution in [0.1, 0.15) is 25.3 Å². The van der Waals surface area contributed by atoms with Crippen molar-refractivity contribution in [3.63, 3.8) is 0 Å². The van der Waals surface area contributed by atoms with Crippen molar-refractivity contribution in [3.8, 4) is 0 Å². The third-order valence-electron chi connectivity index (χ3n) is 3.66. The fourth-order valence-electron chi connectivity index (χ4n) is 2.38.